The van der Waals surface area contributed by atoms with Gasteiger partial charge >= 0.3 is 0 Å². The SMILES string of the molecule is CCOc1c(Br)cc(C=NNC(=O)CCC(=O)Nc2cc(C)ccc2C)cc1OC. The van der Waals surface area contributed by atoms with E-state index >= 15 is 0 Å². The van der Waals surface area contributed by atoms with E-state index in [9.17, 15) is 9.59 Å². The van der Waals surface area contributed by atoms with E-state index in [4.69, 9.17) is 9.47 Å². The van der Waals surface area contributed by atoms with E-state index < -0.39 is 0 Å². The van der Waals surface area contributed by atoms with Gasteiger partial charge in [-0.2, -0.15) is 5.10 Å². The van der Waals surface area contributed by atoms with Gasteiger partial charge in [-0.25, -0.2) is 5.43 Å². The molecular formula is C22H26BrN3O4. The summed E-state index contributed by atoms with van der Waals surface area (Å²) in [6.45, 7) is 6.28. The minimum atomic E-state index is -0.348. The van der Waals surface area contributed by atoms with Crippen molar-refractivity contribution in [1.82, 2.24) is 5.43 Å². The second kappa shape index (κ2) is 11.3. The fraction of sp³-hybridized carbons (Fsp3) is 0.318. The van der Waals surface area contributed by atoms with Crippen molar-refractivity contribution in [2.45, 2.75) is 33.6 Å². The van der Waals surface area contributed by atoms with Crippen LogP contribution in [-0.2, 0) is 9.59 Å². The zero-order valence-electron chi connectivity index (χ0n) is 17.5. The van der Waals surface area contributed by atoms with E-state index in [0.29, 0.717) is 18.1 Å². The predicted molar refractivity (Wildman–Crippen MR) is 121 cm³/mol. The van der Waals surface area contributed by atoms with Gasteiger partial charge in [-0.3, -0.25) is 9.59 Å². The number of methoxy groups -OCH3 is 1. The average Bonchev–Trinajstić information content (AvgIpc) is 2.71. The van der Waals surface area contributed by atoms with Gasteiger partial charge < -0.3 is 14.8 Å². The Labute approximate surface area is 185 Å². The Morgan fingerprint density at radius 2 is 1.87 bits per heavy atom. The molecule has 0 aliphatic rings. The molecule has 0 bridgehead atoms. The van der Waals surface area contributed by atoms with Gasteiger partial charge in [0.15, 0.2) is 11.5 Å². The molecule has 0 unspecified atom stereocenters. The molecule has 0 fully saturated rings. The number of hydrazone groups is 1. The second-order valence-electron chi connectivity index (χ2n) is 6.63. The topological polar surface area (TPSA) is 89.0 Å². The summed E-state index contributed by atoms with van der Waals surface area (Å²) in [4.78, 5) is 24.1. The highest BCUT2D eigenvalue weighted by atomic mass is 79.9. The first-order chi connectivity index (χ1) is 14.3. The number of hydrogen-bond acceptors (Lipinski definition) is 5. The molecule has 2 rings (SSSR count). The molecular weight excluding hydrogens is 450 g/mol. The van der Waals surface area contributed by atoms with E-state index in [1.54, 1.807) is 19.2 Å². The van der Waals surface area contributed by atoms with Crippen LogP contribution in [0.15, 0.2) is 39.9 Å². The van der Waals surface area contributed by atoms with Crippen LogP contribution in [0.2, 0.25) is 0 Å². The number of carbonyl (C=O) groups is 2. The highest BCUT2D eigenvalue weighted by molar-refractivity contribution is 9.10. The van der Waals surface area contributed by atoms with Crippen molar-refractivity contribution in [3.8, 4) is 11.5 Å². The van der Waals surface area contributed by atoms with Gasteiger partial charge in [0, 0.05) is 18.5 Å². The fourth-order valence-corrected chi connectivity index (χ4v) is 3.22. The lowest BCUT2D eigenvalue weighted by Gasteiger charge is -2.12. The third kappa shape index (κ3) is 6.88. The van der Waals surface area contributed by atoms with Crippen molar-refractivity contribution in [1.29, 1.82) is 0 Å². The molecule has 0 saturated carbocycles. The molecule has 0 aliphatic heterocycles. The summed E-state index contributed by atoms with van der Waals surface area (Å²) in [6, 6.07) is 9.39. The molecule has 0 aromatic heterocycles. The van der Waals surface area contributed by atoms with E-state index in [-0.39, 0.29) is 24.7 Å². The Morgan fingerprint density at radius 1 is 1.13 bits per heavy atom. The van der Waals surface area contributed by atoms with Gasteiger partial charge in [0.1, 0.15) is 0 Å². The fourth-order valence-electron chi connectivity index (χ4n) is 2.64. The summed E-state index contributed by atoms with van der Waals surface area (Å²) in [6.07, 6.45) is 1.60. The number of ether oxygens (including phenoxy) is 2. The molecule has 2 aromatic carbocycles. The van der Waals surface area contributed by atoms with Crippen LogP contribution in [0.5, 0.6) is 11.5 Å². The summed E-state index contributed by atoms with van der Waals surface area (Å²) in [5.74, 6) is 0.598. The smallest absolute Gasteiger partial charge is 0.240 e. The van der Waals surface area contributed by atoms with Crippen LogP contribution in [-0.4, -0.2) is 31.7 Å². The molecule has 2 aromatic rings. The van der Waals surface area contributed by atoms with Crippen LogP contribution in [0.4, 0.5) is 5.69 Å². The van der Waals surface area contributed by atoms with Crippen LogP contribution in [0.25, 0.3) is 0 Å². The quantitative estimate of drug-likeness (QED) is 0.416. The highest BCUT2D eigenvalue weighted by Crippen LogP contribution is 2.36. The van der Waals surface area contributed by atoms with Crippen LogP contribution in [0, 0.1) is 13.8 Å². The normalized spacial score (nSPS) is 10.7. The summed E-state index contributed by atoms with van der Waals surface area (Å²) in [7, 11) is 1.55. The second-order valence-corrected chi connectivity index (χ2v) is 7.48. The van der Waals surface area contributed by atoms with Gasteiger partial charge in [0.2, 0.25) is 11.8 Å². The lowest BCUT2D eigenvalue weighted by atomic mass is 10.1. The number of amides is 2. The summed E-state index contributed by atoms with van der Waals surface area (Å²) in [5, 5.41) is 6.78. The molecule has 0 saturated heterocycles. The Hall–Kier alpha value is -2.87. The molecule has 160 valence electrons. The minimum absolute atomic E-state index is 0.0321. The zero-order valence-corrected chi connectivity index (χ0v) is 19.1. The molecule has 0 aliphatic carbocycles. The maximum absolute atomic E-state index is 12.1. The number of halogens is 1. The monoisotopic (exact) mass is 475 g/mol. The Balaban J connectivity index is 1.87. The molecule has 8 heteroatoms. The van der Waals surface area contributed by atoms with Crippen LogP contribution >= 0.6 is 15.9 Å². The molecule has 0 heterocycles. The summed E-state index contributed by atoms with van der Waals surface area (Å²) in [5.41, 5.74) is 5.93. The number of nitrogens with one attached hydrogen (secondary N) is 2. The summed E-state index contributed by atoms with van der Waals surface area (Å²) < 4.78 is 11.6. The van der Waals surface area contributed by atoms with E-state index in [1.807, 2.05) is 39.0 Å². The molecule has 0 radical (unpaired) electrons. The molecule has 0 atom stereocenters. The zero-order chi connectivity index (χ0) is 22.1. The maximum atomic E-state index is 12.1. The highest BCUT2D eigenvalue weighted by Gasteiger charge is 2.11. The minimum Gasteiger partial charge on any atom is -0.493 e. The molecule has 0 spiro atoms. The Kier molecular flexibility index (Phi) is 8.86. The van der Waals surface area contributed by atoms with Crippen LogP contribution in [0.1, 0.15) is 36.5 Å². The first-order valence-electron chi connectivity index (χ1n) is 9.53. The van der Waals surface area contributed by atoms with Crippen molar-refractivity contribution in [3.05, 3.63) is 51.5 Å². The number of aryl methyl sites for hydroxylation is 2. The van der Waals surface area contributed by atoms with Crippen molar-refractivity contribution in [2.24, 2.45) is 5.10 Å². The maximum Gasteiger partial charge on any atom is 0.240 e. The summed E-state index contributed by atoms with van der Waals surface area (Å²) >= 11 is 3.44. The molecule has 2 N–H and O–H groups in total. The lowest BCUT2D eigenvalue weighted by molar-refractivity contribution is -0.124. The number of carbonyl (C=O) groups excluding carboxylic acids is 2. The number of hydrogen-bond donors (Lipinski definition) is 2. The van der Waals surface area contributed by atoms with Crippen LogP contribution < -0.4 is 20.2 Å². The molecule has 7 nitrogen and oxygen atoms in total. The first kappa shape index (κ1) is 23.4. The predicted octanol–water partition coefficient (Wildman–Crippen LogP) is 4.34. The van der Waals surface area contributed by atoms with Gasteiger partial charge in [0.05, 0.1) is 24.4 Å². The van der Waals surface area contributed by atoms with Gasteiger partial charge in [0.25, 0.3) is 0 Å². The van der Waals surface area contributed by atoms with Crippen molar-refractivity contribution >= 4 is 39.6 Å². The first-order valence-corrected chi connectivity index (χ1v) is 10.3. The molecule has 2 amide bonds. The van der Waals surface area contributed by atoms with Gasteiger partial charge in [-0.15, -0.1) is 0 Å². The van der Waals surface area contributed by atoms with Gasteiger partial charge in [-0.1, -0.05) is 12.1 Å². The number of benzene rings is 2. The third-order valence-electron chi connectivity index (χ3n) is 4.19. The van der Waals surface area contributed by atoms with E-state index in [0.717, 1.165) is 26.9 Å². The number of rotatable bonds is 9. The average molecular weight is 476 g/mol. The van der Waals surface area contributed by atoms with E-state index in [2.05, 4.69) is 31.8 Å². The van der Waals surface area contributed by atoms with Crippen LogP contribution in [0.3, 0.4) is 0 Å². The molecule has 30 heavy (non-hydrogen) atoms. The van der Waals surface area contributed by atoms with Gasteiger partial charge in [-0.05, 0) is 71.6 Å². The Morgan fingerprint density at radius 3 is 2.57 bits per heavy atom. The van der Waals surface area contributed by atoms with E-state index in [1.165, 1.54) is 6.21 Å². The Bertz CT molecular complexity index is 944. The van der Waals surface area contributed by atoms with Crippen molar-refractivity contribution in [2.75, 3.05) is 19.0 Å². The number of anilines is 1. The third-order valence-corrected chi connectivity index (χ3v) is 4.78. The number of nitrogens with zero attached hydrogens (tertiary/aromatic N) is 1. The van der Waals surface area contributed by atoms with Crippen molar-refractivity contribution in [3.63, 3.8) is 0 Å². The lowest BCUT2D eigenvalue weighted by Crippen LogP contribution is -2.21. The largest absolute Gasteiger partial charge is 0.493 e. The van der Waals surface area contributed by atoms with Crippen molar-refractivity contribution < 1.29 is 19.1 Å². The standard InChI is InChI=1S/C22H26BrN3O4/c1-5-30-22-17(23)11-16(12-19(22)29-4)13-24-26-21(28)9-8-20(27)25-18-10-14(2)6-7-15(18)3/h6-7,10-13H,5,8-9H2,1-4H3,(H,25,27)(H,26,28).